The lowest BCUT2D eigenvalue weighted by atomic mass is 9.92. The molecule has 1 saturated heterocycles. The zero-order valence-electron chi connectivity index (χ0n) is 19.3. The maximum absolute atomic E-state index is 14.0. The highest BCUT2D eigenvalue weighted by atomic mass is 16.3. The molecule has 1 aliphatic carbocycles. The highest BCUT2D eigenvalue weighted by Gasteiger charge is 2.35. The molecule has 1 aliphatic heterocycles. The second-order valence-electron chi connectivity index (χ2n) is 9.36. The van der Waals surface area contributed by atoms with Crippen LogP contribution in [-0.2, 0) is 6.42 Å². The van der Waals surface area contributed by atoms with Crippen LogP contribution in [0, 0.1) is 0 Å². The van der Waals surface area contributed by atoms with Gasteiger partial charge in [-0.1, -0.05) is 73.5 Å². The molecule has 2 unspecified atom stereocenters. The fourth-order valence-corrected chi connectivity index (χ4v) is 5.43. The van der Waals surface area contributed by atoms with Gasteiger partial charge in [-0.3, -0.25) is 9.36 Å². The Morgan fingerprint density at radius 3 is 2.44 bits per heavy atom. The number of rotatable bonds is 5. The molecule has 3 N–H and O–H groups in total. The summed E-state index contributed by atoms with van der Waals surface area (Å²) >= 11 is 0. The van der Waals surface area contributed by atoms with Gasteiger partial charge in [-0.25, -0.2) is 4.79 Å². The first kappa shape index (κ1) is 22.6. The molecular formula is C27H32N4O3. The fourth-order valence-electron chi connectivity index (χ4n) is 5.43. The smallest absolute Gasteiger partial charge is 0.326 e. The molecule has 7 heteroatoms. The SMILES string of the molecule is O=C(c1[nH]c(=O)n(C2CCCCC2O)c1-c1ccccc1)N1CCNC[C@H]1Cc1ccccc1. The number of imidazole rings is 1. The molecule has 1 saturated carbocycles. The number of benzene rings is 2. The summed E-state index contributed by atoms with van der Waals surface area (Å²) in [6.07, 6.45) is 3.43. The number of aromatic nitrogens is 2. The van der Waals surface area contributed by atoms with E-state index in [1.165, 1.54) is 5.56 Å². The summed E-state index contributed by atoms with van der Waals surface area (Å²) in [7, 11) is 0. The number of carbonyl (C=O) groups excluding carboxylic acids is 1. The van der Waals surface area contributed by atoms with Gasteiger partial charge in [0.15, 0.2) is 0 Å². The van der Waals surface area contributed by atoms with Crippen LogP contribution >= 0.6 is 0 Å². The predicted octanol–water partition coefficient (Wildman–Crippen LogP) is 2.98. The molecule has 3 aromatic rings. The molecule has 2 fully saturated rings. The predicted molar refractivity (Wildman–Crippen MR) is 132 cm³/mol. The molecule has 2 aromatic carbocycles. The molecule has 5 rings (SSSR count). The van der Waals surface area contributed by atoms with E-state index in [4.69, 9.17) is 0 Å². The number of aliphatic hydroxyl groups is 1. The van der Waals surface area contributed by atoms with E-state index < -0.39 is 6.10 Å². The number of amides is 1. The van der Waals surface area contributed by atoms with Gasteiger partial charge < -0.3 is 20.3 Å². The van der Waals surface area contributed by atoms with E-state index in [0.29, 0.717) is 37.4 Å². The Morgan fingerprint density at radius 1 is 1.00 bits per heavy atom. The second kappa shape index (κ2) is 9.99. The summed E-state index contributed by atoms with van der Waals surface area (Å²) in [5, 5.41) is 14.2. The summed E-state index contributed by atoms with van der Waals surface area (Å²) in [5.41, 5.74) is 2.54. The van der Waals surface area contributed by atoms with Crippen LogP contribution in [0.15, 0.2) is 65.5 Å². The molecule has 0 spiro atoms. The van der Waals surface area contributed by atoms with Crippen molar-refractivity contribution >= 4 is 5.91 Å². The number of hydrogen-bond acceptors (Lipinski definition) is 4. The Hall–Kier alpha value is -3.16. The molecular weight excluding hydrogens is 428 g/mol. The largest absolute Gasteiger partial charge is 0.391 e. The van der Waals surface area contributed by atoms with Crippen LogP contribution in [0.1, 0.15) is 47.8 Å². The maximum atomic E-state index is 14.0. The lowest BCUT2D eigenvalue weighted by Crippen LogP contribution is -2.54. The average molecular weight is 461 g/mol. The highest BCUT2D eigenvalue weighted by molar-refractivity contribution is 5.98. The Labute approximate surface area is 199 Å². The standard InChI is InChI=1S/C27H32N4O3/c32-23-14-8-7-13-22(23)31-25(20-11-5-2-6-12-20)24(29-27(31)34)26(33)30-16-15-28-18-21(30)17-19-9-3-1-4-10-19/h1-6,9-12,21-23,28,32H,7-8,13-18H2,(H,29,34)/t21-,22?,23?/m1/s1. The molecule has 0 radical (unpaired) electrons. The van der Waals surface area contributed by atoms with Gasteiger partial charge in [-0.15, -0.1) is 0 Å². The van der Waals surface area contributed by atoms with Crippen LogP contribution in [0.5, 0.6) is 0 Å². The number of carbonyl (C=O) groups is 1. The number of nitrogens with zero attached hydrogens (tertiary/aromatic N) is 2. The molecule has 1 aromatic heterocycles. The number of nitrogens with one attached hydrogen (secondary N) is 2. The molecule has 2 aliphatic rings. The third-order valence-electron chi connectivity index (χ3n) is 7.14. The Balaban J connectivity index is 1.55. The number of piperazine rings is 1. The van der Waals surface area contributed by atoms with Gasteiger partial charge in [-0.2, -0.15) is 0 Å². The van der Waals surface area contributed by atoms with Crippen LogP contribution in [0.4, 0.5) is 0 Å². The first-order valence-corrected chi connectivity index (χ1v) is 12.3. The van der Waals surface area contributed by atoms with E-state index in [2.05, 4.69) is 22.4 Å². The van der Waals surface area contributed by atoms with E-state index in [1.54, 1.807) is 4.57 Å². The van der Waals surface area contributed by atoms with Crippen LogP contribution < -0.4 is 11.0 Å². The van der Waals surface area contributed by atoms with Gasteiger partial charge in [-0.05, 0) is 24.8 Å². The van der Waals surface area contributed by atoms with Crippen molar-refractivity contribution < 1.29 is 9.90 Å². The minimum atomic E-state index is -0.599. The summed E-state index contributed by atoms with van der Waals surface area (Å²) in [6, 6.07) is 19.4. The number of aliphatic hydroxyl groups excluding tert-OH is 1. The molecule has 7 nitrogen and oxygen atoms in total. The Morgan fingerprint density at radius 2 is 1.71 bits per heavy atom. The normalized spacial score (nSPS) is 23.1. The van der Waals surface area contributed by atoms with Crippen LogP contribution in [0.2, 0.25) is 0 Å². The van der Waals surface area contributed by atoms with Gasteiger partial charge in [0.1, 0.15) is 5.69 Å². The van der Waals surface area contributed by atoms with Crippen molar-refractivity contribution in [1.82, 2.24) is 19.8 Å². The van der Waals surface area contributed by atoms with Gasteiger partial charge in [0.2, 0.25) is 0 Å². The first-order valence-electron chi connectivity index (χ1n) is 12.3. The van der Waals surface area contributed by atoms with Crippen LogP contribution in [0.25, 0.3) is 11.3 Å². The number of hydrogen-bond donors (Lipinski definition) is 3. The van der Waals surface area contributed by atoms with Gasteiger partial charge in [0.05, 0.1) is 17.8 Å². The van der Waals surface area contributed by atoms with Crippen molar-refractivity contribution in [2.24, 2.45) is 0 Å². The minimum Gasteiger partial charge on any atom is -0.391 e. The summed E-state index contributed by atoms with van der Waals surface area (Å²) in [6.45, 7) is 1.99. The maximum Gasteiger partial charge on any atom is 0.326 e. The topological polar surface area (TPSA) is 90.4 Å². The zero-order valence-corrected chi connectivity index (χ0v) is 19.3. The molecule has 3 atom stereocenters. The summed E-state index contributed by atoms with van der Waals surface area (Å²) in [5.74, 6) is -0.164. The van der Waals surface area contributed by atoms with Crippen molar-refractivity contribution in [2.75, 3.05) is 19.6 Å². The molecule has 2 heterocycles. The summed E-state index contributed by atoms with van der Waals surface area (Å²) in [4.78, 5) is 32.0. The van der Waals surface area contributed by atoms with E-state index >= 15 is 0 Å². The second-order valence-corrected chi connectivity index (χ2v) is 9.36. The summed E-state index contributed by atoms with van der Waals surface area (Å²) < 4.78 is 1.64. The minimum absolute atomic E-state index is 0.0144. The van der Waals surface area contributed by atoms with Crippen molar-refractivity contribution in [2.45, 2.75) is 50.3 Å². The third-order valence-corrected chi connectivity index (χ3v) is 7.14. The van der Waals surface area contributed by atoms with E-state index in [0.717, 1.165) is 31.2 Å². The average Bonchev–Trinajstić information content (AvgIpc) is 3.22. The molecule has 34 heavy (non-hydrogen) atoms. The van der Waals surface area contributed by atoms with E-state index in [9.17, 15) is 14.7 Å². The lowest BCUT2D eigenvalue weighted by molar-refractivity contribution is 0.0629. The van der Waals surface area contributed by atoms with Gasteiger partial charge in [0.25, 0.3) is 5.91 Å². The van der Waals surface area contributed by atoms with Gasteiger partial charge >= 0.3 is 5.69 Å². The lowest BCUT2D eigenvalue weighted by Gasteiger charge is -2.36. The van der Waals surface area contributed by atoms with Crippen LogP contribution in [0.3, 0.4) is 0 Å². The van der Waals surface area contributed by atoms with Crippen molar-refractivity contribution in [3.05, 3.63) is 82.4 Å². The third kappa shape index (κ3) is 4.45. The Bertz CT molecular complexity index is 1170. The Kier molecular flexibility index (Phi) is 6.65. The molecule has 0 bridgehead atoms. The molecule has 178 valence electrons. The monoisotopic (exact) mass is 460 g/mol. The highest BCUT2D eigenvalue weighted by Crippen LogP contribution is 2.33. The van der Waals surface area contributed by atoms with E-state index in [1.807, 2.05) is 53.4 Å². The first-order chi connectivity index (χ1) is 16.6. The number of aromatic amines is 1. The van der Waals surface area contributed by atoms with Gasteiger partial charge in [0, 0.05) is 31.2 Å². The quantitative estimate of drug-likeness (QED) is 0.546. The van der Waals surface area contributed by atoms with E-state index in [-0.39, 0.29) is 23.7 Å². The van der Waals surface area contributed by atoms with Crippen molar-refractivity contribution in [1.29, 1.82) is 0 Å². The van der Waals surface area contributed by atoms with Crippen molar-refractivity contribution in [3.63, 3.8) is 0 Å². The van der Waals surface area contributed by atoms with Crippen LogP contribution in [-0.4, -0.2) is 57.2 Å². The molecule has 1 amide bonds. The van der Waals surface area contributed by atoms with Crippen molar-refractivity contribution in [3.8, 4) is 11.3 Å². The zero-order chi connectivity index (χ0) is 23.5. The number of H-pyrrole nitrogens is 1. The fraction of sp³-hybridized carbons (Fsp3) is 0.407.